The molecule has 0 heterocycles. The summed E-state index contributed by atoms with van der Waals surface area (Å²) in [5.41, 5.74) is 1.31. The van der Waals surface area contributed by atoms with Gasteiger partial charge in [-0.15, -0.1) is 11.8 Å². The van der Waals surface area contributed by atoms with Gasteiger partial charge in [-0.25, -0.2) is 4.39 Å². The summed E-state index contributed by atoms with van der Waals surface area (Å²) in [5, 5.41) is 3.44. The van der Waals surface area contributed by atoms with E-state index in [1.165, 1.54) is 17.8 Å². The molecule has 1 aliphatic carbocycles. The predicted octanol–water partition coefficient (Wildman–Crippen LogP) is 5.95. The van der Waals surface area contributed by atoms with Crippen LogP contribution >= 0.6 is 39.3 Å². The third-order valence-electron chi connectivity index (χ3n) is 5.64. The van der Waals surface area contributed by atoms with E-state index in [2.05, 4.69) is 21.2 Å². The van der Waals surface area contributed by atoms with Crippen molar-refractivity contribution < 1.29 is 14.0 Å². The first-order valence-corrected chi connectivity index (χ1v) is 13.0. The summed E-state index contributed by atoms with van der Waals surface area (Å²) in [4.78, 5) is 27.7. The van der Waals surface area contributed by atoms with Crippen LogP contribution in [0.3, 0.4) is 0 Å². The Hall–Kier alpha value is -1.57. The van der Waals surface area contributed by atoms with Crippen molar-refractivity contribution in [1.29, 1.82) is 0 Å². The lowest BCUT2D eigenvalue weighted by Gasteiger charge is -2.29. The van der Waals surface area contributed by atoms with Gasteiger partial charge in [0, 0.05) is 33.4 Å². The fraction of sp³-hybridized carbons (Fsp3) is 0.417. The van der Waals surface area contributed by atoms with Crippen molar-refractivity contribution in [2.24, 2.45) is 0 Å². The number of benzene rings is 2. The quantitative estimate of drug-likeness (QED) is 0.427. The molecule has 8 heteroatoms. The third kappa shape index (κ3) is 6.96. The lowest BCUT2D eigenvalue weighted by molar-refractivity contribution is -0.138. The average Bonchev–Trinajstić information content (AvgIpc) is 3.26. The highest BCUT2D eigenvalue weighted by atomic mass is 79.9. The van der Waals surface area contributed by atoms with Crippen molar-refractivity contribution >= 4 is 51.1 Å². The van der Waals surface area contributed by atoms with Gasteiger partial charge in [-0.3, -0.25) is 9.59 Å². The van der Waals surface area contributed by atoms with Crippen LogP contribution in [0.5, 0.6) is 0 Å². The van der Waals surface area contributed by atoms with E-state index in [0.29, 0.717) is 17.1 Å². The highest BCUT2D eigenvalue weighted by molar-refractivity contribution is 9.10. The maximum Gasteiger partial charge on any atom is 0.242 e. The number of rotatable bonds is 9. The van der Waals surface area contributed by atoms with E-state index in [1.54, 1.807) is 24.0 Å². The van der Waals surface area contributed by atoms with Gasteiger partial charge < -0.3 is 10.2 Å². The topological polar surface area (TPSA) is 49.4 Å². The number of carbonyl (C=O) groups excluding carboxylic acids is 2. The summed E-state index contributed by atoms with van der Waals surface area (Å²) >= 11 is 10.8. The molecule has 0 bridgehead atoms. The first-order chi connectivity index (χ1) is 15.3. The number of halogens is 3. The molecular weight excluding hydrogens is 515 g/mol. The van der Waals surface area contributed by atoms with Crippen LogP contribution in [-0.4, -0.2) is 34.6 Å². The zero-order valence-electron chi connectivity index (χ0n) is 18.0. The molecule has 1 unspecified atom stereocenters. The number of hydrogen-bond acceptors (Lipinski definition) is 3. The van der Waals surface area contributed by atoms with Gasteiger partial charge in [0.1, 0.15) is 11.9 Å². The van der Waals surface area contributed by atoms with Gasteiger partial charge in [0.2, 0.25) is 11.8 Å². The van der Waals surface area contributed by atoms with Crippen LogP contribution in [0.1, 0.15) is 43.7 Å². The largest absolute Gasteiger partial charge is 0.352 e. The molecule has 2 aromatic rings. The molecule has 4 nitrogen and oxygen atoms in total. The highest BCUT2D eigenvalue weighted by Crippen LogP contribution is 2.25. The second-order valence-electron chi connectivity index (χ2n) is 8.01. The molecule has 0 spiro atoms. The van der Waals surface area contributed by atoms with Crippen molar-refractivity contribution in [3.63, 3.8) is 0 Å². The van der Waals surface area contributed by atoms with Gasteiger partial charge in [0.05, 0.1) is 5.75 Å². The van der Waals surface area contributed by atoms with Crippen LogP contribution < -0.4 is 5.32 Å². The summed E-state index contributed by atoms with van der Waals surface area (Å²) in [6, 6.07) is 11.8. The summed E-state index contributed by atoms with van der Waals surface area (Å²) in [6.45, 7) is 2.08. The minimum Gasteiger partial charge on any atom is -0.352 e. The number of carbonyl (C=O) groups is 2. The maximum absolute atomic E-state index is 14.0. The van der Waals surface area contributed by atoms with Gasteiger partial charge in [-0.2, -0.15) is 0 Å². The number of nitrogens with one attached hydrogen (secondary N) is 1. The number of amides is 2. The zero-order chi connectivity index (χ0) is 23.1. The molecule has 32 heavy (non-hydrogen) atoms. The summed E-state index contributed by atoms with van der Waals surface area (Å²) in [6.07, 6.45) is 4.21. The van der Waals surface area contributed by atoms with Gasteiger partial charge >= 0.3 is 0 Å². The van der Waals surface area contributed by atoms with Crippen LogP contribution in [-0.2, 0) is 21.9 Å². The molecule has 172 valence electrons. The third-order valence-corrected chi connectivity index (χ3v) is 7.44. The zero-order valence-corrected chi connectivity index (χ0v) is 21.1. The molecule has 3 rings (SSSR count). The van der Waals surface area contributed by atoms with Crippen LogP contribution in [0.4, 0.5) is 4.39 Å². The van der Waals surface area contributed by atoms with Gasteiger partial charge in [-0.05, 0) is 49.6 Å². The van der Waals surface area contributed by atoms with E-state index in [0.717, 1.165) is 35.7 Å². The van der Waals surface area contributed by atoms with Crippen molar-refractivity contribution in [1.82, 2.24) is 10.2 Å². The van der Waals surface area contributed by atoms with Crippen LogP contribution in [0.15, 0.2) is 46.9 Å². The monoisotopic (exact) mass is 540 g/mol. The normalized spacial score (nSPS) is 14.9. The first-order valence-electron chi connectivity index (χ1n) is 10.7. The fourth-order valence-corrected chi connectivity index (χ4v) is 5.50. The Balaban J connectivity index is 1.68. The number of nitrogens with zero attached hydrogens (tertiary/aromatic N) is 1. The van der Waals surface area contributed by atoms with Gasteiger partial charge in [-0.1, -0.05) is 58.6 Å². The van der Waals surface area contributed by atoms with Crippen LogP contribution in [0.25, 0.3) is 0 Å². The molecule has 0 saturated heterocycles. The summed E-state index contributed by atoms with van der Waals surface area (Å²) < 4.78 is 14.9. The molecule has 1 saturated carbocycles. The second-order valence-corrected chi connectivity index (χ2v) is 10.3. The average molecular weight is 542 g/mol. The molecule has 0 aromatic heterocycles. The van der Waals surface area contributed by atoms with Crippen molar-refractivity contribution in [3.8, 4) is 0 Å². The fourth-order valence-electron chi connectivity index (χ4n) is 3.80. The van der Waals surface area contributed by atoms with Crippen LogP contribution in [0.2, 0.25) is 5.02 Å². The summed E-state index contributed by atoms with van der Waals surface area (Å²) in [5.74, 6) is -0.281. The molecule has 2 aromatic carbocycles. The molecular formula is C24H27BrClFN2O2S. The Morgan fingerprint density at radius 2 is 1.97 bits per heavy atom. The van der Waals surface area contributed by atoms with E-state index in [1.807, 2.05) is 24.3 Å². The van der Waals surface area contributed by atoms with E-state index in [-0.39, 0.29) is 35.2 Å². The van der Waals surface area contributed by atoms with Crippen molar-refractivity contribution in [2.45, 2.75) is 57.0 Å². The smallest absolute Gasteiger partial charge is 0.242 e. The lowest BCUT2D eigenvalue weighted by atomic mass is 10.1. The van der Waals surface area contributed by atoms with E-state index >= 15 is 0 Å². The summed E-state index contributed by atoms with van der Waals surface area (Å²) in [7, 11) is 0. The second kappa shape index (κ2) is 12.1. The predicted molar refractivity (Wildman–Crippen MR) is 132 cm³/mol. The van der Waals surface area contributed by atoms with E-state index in [9.17, 15) is 14.0 Å². The molecule has 1 N–H and O–H groups in total. The SMILES string of the molecule is CC(C(=O)NC1CCCC1)N(Cc1cccc(Br)c1)C(=O)CSCc1c(F)cccc1Cl. The highest BCUT2D eigenvalue weighted by Gasteiger charge is 2.28. The molecule has 0 aliphatic heterocycles. The van der Waals surface area contributed by atoms with Crippen LogP contribution in [0, 0.1) is 5.82 Å². The molecule has 1 fully saturated rings. The lowest BCUT2D eigenvalue weighted by Crippen LogP contribution is -2.50. The number of hydrogen-bond donors (Lipinski definition) is 1. The minimum atomic E-state index is -0.611. The molecule has 0 radical (unpaired) electrons. The standard InChI is InChI=1S/C24H27BrClFN2O2S/c1-16(24(31)28-19-8-2-3-9-19)29(13-17-6-4-7-18(25)12-17)23(30)15-32-14-20-21(26)10-5-11-22(20)27/h4-7,10-12,16,19H,2-3,8-9,13-15H2,1H3,(H,28,31). The van der Waals surface area contributed by atoms with Gasteiger partial charge in [0.25, 0.3) is 0 Å². The number of thioether (sulfide) groups is 1. The van der Waals surface area contributed by atoms with Crippen molar-refractivity contribution in [3.05, 3.63) is 68.9 Å². The maximum atomic E-state index is 14.0. The molecule has 2 amide bonds. The van der Waals surface area contributed by atoms with Gasteiger partial charge in [0.15, 0.2) is 0 Å². The minimum absolute atomic E-state index is 0.125. The molecule has 1 aliphatic rings. The van der Waals surface area contributed by atoms with E-state index in [4.69, 9.17) is 11.6 Å². The Bertz CT molecular complexity index is 935. The first kappa shape index (κ1) is 25.1. The van der Waals surface area contributed by atoms with E-state index < -0.39 is 6.04 Å². The Morgan fingerprint density at radius 1 is 1.25 bits per heavy atom. The van der Waals surface area contributed by atoms with Crippen molar-refractivity contribution in [2.75, 3.05) is 5.75 Å². The Kier molecular flexibility index (Phi) is 9.44. The molecule has 1 atom stereocenters. The Labute approximate surface area is 206 Å². The Morgan fingerprint density at radius 3 is 2.66 bits per heavy atom.